The van der Waals surface area contributed by atoms with E-state index in [2.05, 4.69) is 17.1 Å². The number of nitrogens with one attached hydrogen (secondary N) is 1. The van der Waals surface area contributed by atoms with Crippen LogP contribution in [0.1, 0.15) is 94.3 Å². The van der Waals surface area contributed by atoms with Crippen molar-refractivity contribution in [3.05, 3.63) is 92.1 Å². The summed E-state index contributed by atoms with van der Waals surface area (Å²) in [6, 6.07) is 15.6. The van der Waals surface area contributed by atoms with Crippen LogP contribution in [0.5, 0.6) is 0 Å². The van der Waals surface area contributed by atoms with Crippen LogP contribution in [0.3, 0.4) is 0 Å². The van der Waals surface area contributed by atoms with Gasteiger partial charge in [0.25, 0.3) is 5.56 Å². The number of benzene rings is 2. The lowest BCUT2D eigenvalue weighted by molar-refractivity contribution is -0.149. The fraction of sp³-hybridized carbons (Fsp3) is 0.441. The number of esters is 1. The Hall–Kier alpha value is -4.27. The second-order valence-corrected chi connectivity index (χ2v) is 11.7. The summed E-state index contributed by atoms with van der Waals surface area (Å²) in [5.74, 6) is 0.145. The molecule has 0 bridgehead atoms. The average Bonchev–Trinajstić information content (AvgIpc) is 3.45. The maximum Gasteiger partial charge on any atom is 0.439 e. The van der Waals surface area contributed by atoms with Crippen molar-refractivity contribution in [3.63, 3.8) is 0 Å². The predicted molar refractivity (Wildman–Crippen MR) is 165 cm³/mol. The first-order chi connectivity index (χ1) is 20.8. The second-order valence-electron chi connectivity index (χ2n) is 11.7. The summed E-state index contributed by atoms with van der Waals surface area (Å²) in [6.07, 6.45) is 7.53. The molecule has 9 nitrogen and oxygen atoms in total. The van der Waals surface area contributed by atoms with Gasteiger partial charge in [0.1, 0.15) is 11.9 Å². The van der Waals surface area contributed by atoms with Crippen LogP contribution in [0.15, 0.2) is 62.6 Å². The van der Waals surface area contributed by atoms with E-state index >= 15 is 0 Å². The molecule has 0 amide bonds. The van der Waals surface area contributed by atoms with E-state index in [1.165, 1.54) is 6.42 Å². The number of unbranched alkanes of at least 4 members (excludes halogenated alkanes) is 1. The number of aromatic nitrogens is 4. The lowest BCUT2D eigenvalue weighted by Gasteiger charge is -2.23. The van der Waals surface area contributed by atoms with Gasteiger partial charge in [-0.25, -0.2) is 9.78 Å². The molecule has 0 radical (unpaired) electrons. The largest absolute Gasteiger partial charge is 0.462 e. The quantitative estimate of drug-likeness (QED) is 0.209. The molecular formula is C34H40N4O5. The minimum Gasteiger partial charge on any atom is -0.462 e. The van der Waals surface area contributed by atoms with Gasteiger partial charge in [-0.05, 0) is 54.7 Å². The minimum atomic E-state index is -0.608. The number of hydrogen-bond acceptors (Lipinski definition) is 7. The second kappa shape index (κ2) is 13.8. The van der Waals surface area contributed by atoms with Crippen LogP contribution >= 0.6 is 0 Å². The molecule has 2 aromatic carbocycles. The number of aryl methyl sites for hydroxylation is 1. The van der Waals surface area contributed by atoms with Crippen molar-refractivity contribution in [2.24, 2.45) is 0 Å². The Morgan fingerprint density at radius 2 is 1.77 bits per heavy atom. The van der Waals surface area contributed by atoms with Gasteiger partial charge in [0.2, 0.25) is 0 Å². The standard InChI is InChI=1S/C34H40N4O5/c1-4-5-15-29-35-31(22(2)3)28(20-30(39)42-25-11-7-6-8-12-25)33(40)38(29)21-23-16-18-24(19-17-23)26-13-9-10-14-27(26)32-36-34(41)43-37-32/h9-10,13-14,16-19,22,25H,4-8,11-12,15,20-21H2,1-3H3,(H,36,37,41). The van der Waals surface area contributed by atoms with Gasteiger partial charge in [0, 0.05) is 12.0 Å². The van der Waals surface area contributed by atoms with E-state index in [1.807, 2.05) is 62.4 Å². The topological polar surface area (TPSA) is 120 Å². The van der Waals surface area contributed by atoms with Crippen molar-refractivity contribution in [2.75, 3.05) is 0 Å². The van der Waals surface area contributed by atoms with E-state index in [0.717, 1.165) is 66.6 Å². The Balaban J connectivity index is 1.45. The van der Waals surface area contributed by atoms with Crippen LogP contribution in [-0.2, 0) is 28.9 Å². The summed E-state index contributed by atoms with van der Waals surface area (Å²) in [5, 5.41) is 3.85. The van der Waals surface area contributed by atoms with Gasteiger partial charge >= 0.3 is 11.7 Å². The number of hydrogen-bond donors (Lipinski definition) is 1. The van der Waals surface area contributed by atoms with E-state index in [4.69, 9.17) is 14.2 Å². The summed E-state index contributed by atoms with van der Waals surface area (Å²) >= 11 is 0. The highest BCUT2D eigenvalue weighted by Crippen LogP contribution is 2.30. The van der Waals surface area contributed by atoms with Crippen LogP contribution in [0.4, 0.5) is 0 Å². The van der Waals surface area contributed by atoms with Crippen molar-refractivity contribution in [1.29, 1.82) is 0 Å². The molecular weight excluding hydrogens is 544 g/mol. The van der Waals surface area contributed by atoms with Gasteiger partial charge in [0.05, 0.1) is 24.2 Å². The zero-order valence-electron chi connectivity index (χ0n) is 25.2. The third-order valence-corrected chi connectivity index (χ3v) is 8.07. The molecule has 1 aliphatic carbocycles. The van der Waals surface area contributed by atoms with Crippen LogP contribution in [0.25, 0.3) is 22.5 Å². The maximum atomic E-state index is 14.1. The number of carbonyl (C=O) groups excluding carboxylic acids is 1. The van der Waals surface area contributed by atoms with Crippen LogP contribution < -0.4 is 11.3 Å². The molecule has 0 saturated heterocycles. The number of aromatic amines is 1. The molecule has 2 heterocycles. The summed E-state index contributed by atoms with van der Waals surface area (Å²) in [4.78, 5) is 46.2. The zero-order valence-corrected chi connectivity index (χ0v) is 25.2. The van der Waals surface area contributed by atoms with Gasteiger partial charge in [-0.3, -0.25) is 23.7 Å². The lowest BCUT2D eigenvalue weighted by atomic mass is 9.97. The number of H-pyrrole nitrogens is 1. The van der Waals surface area contributed by atoms with Crippen molar-refractivity contribution < 1.29 is 14.1 Å². The number of rotatable bonds is 11. The minimum absolute atomic E-state index is 0.000727. The number of carbonyl (C=O) groups is 1. The summed E-state index contributed by atoms with van der Waals surface area (Å²) in [7, 11) is 0. The first kappa shape index (κ1) is 30.2. The first-order valence-electron chi connectivity index (χ1n) is 15.4. The van der Waals surface area contributed by atoms with Crippen molar-refractivity contribution >= 4 is 5.97 Å². The van der Waals surface area contributed by atoms with Crippen molar-refractivity contribution in [3.8, 4) is 22.5 Å². The number of ether oxygens (including phenoxy) is 1. The molecule has 1 fully saturated rings. The first-order valence-corrected chi connectivity index (χ1v) is 15.4. The molecule has 0 spiro atoms. The summed E-state index contributed by atoms with van der Waals surface area (Å²) in [6.45, 7) is 6.48. The van der Waals surface area contributed by atoms with E-state index in [0.29, 0.717) is 30.0 Å². The molecule has 9 heteroatoms. The van der Waals surface area contributed by atoms with Gasteiger partial charge in [0.15, 0.2) is 5.82 Å². The van der Waals surface area contributed by atoms with Gasteiger partial charge in [-0.1, -0.05) is 87.3 Å². The Morgan fingerprint density at radius 3 is 2.42 bits per heavy atom. The summed E-state index contributed by atoms with van der Waals surface area (Å²) < 4.78 is 12.2. The highest BCUT2D eigenvalue weighted by atomic mass is 16.5. The third-order valence-electron chi connectivity index (χ3n) is 8.07. The molecule has 0 atom stereocenters. The molecule has 0 aliphatic heterocycles. The van der Waals surface area contributed by atoms with E-state index in [9.17, 15) is 14.4 Å². The third kappa shape index (κ3) is 7.21. The molecule has 0 unspecified atom stereocenters. The van der Waals surface area contributed by atoms with Gasteiger partial charge < -0.3 is 4.74 Å². The van der Waals surface area contributed by atoms with Crippen LogP contribution in [-0.4, -0.2) is 31.8 Å². The number of nitrogens with zero attached hydrogens (tertiary/aromatic N) is 3. The molecule has 226 valence electrons. The van der Waals surface area contributed by atoms with Crippen LogP contribution in [0.2, 0.25) is 0 Å². The zero-order chi connectivity index (χ0) is 30.3. The Labute approximate surface area is 251 Å². The summed E-state index contributed by atoms with van der Waals surface area (Å²) in [5.41, 5.74) is 4.45. The highest BCUT2D eigenvalue weighted by Gasteiger charge is 2.24. The fourth-order valence-corrected chi connectivity index (χ4v) is 5.80. The van der Waals surface area contributed by atoms with Crippen LogP contribution in [0, 0.1) is 0 Å². The molecule has 1 saturated carbocycles. The van der Waals surface area contributed by atoms with Crippen molar-refractivity contribution in [2.45, 2.75) is 97.1 Å². The molecule has 43 heavy (non-hydrogen) atoms. The van der Waals surface area contributed by atoms with Gasteiger partial charge in [-0.15, -0.1) is 0 Å². The molecule has 1 aliphatic rings. The Morgan fingerprint density at radius 1 is 1.05 bits per heavy atom. The van der Waals surface area contributed by atoms with E-state index in [1.54, 1.807) is 4.57 Å². The molecule has 1 N–H and O–H groups in total. The highest BCUT2D eigenvalue weighted by molar-refractivity contribution is 5.80. The molecule has 2 aromatic heterocycles. The average molecular weight is 585 g/mol. The SMILES string of the molecule is CCCCc1nc(C(C)C)c(CC(=O)OC2CCCCC2)c(=O)n1Cc1ccc(-c2ccccc2-c2noc(=O)[nH]2)cc1. The van der Waals surface area contributed by atoms with E-state index < -0.39 is 5.76 Å². The van der Waals surface area contributed by atoms with E-state index in [-0.39, 0.29) is 30.0 Å². The Bertz CT molecular complexity index is 1660. The fourth-order valence-electron chi connectivity index (χ4n) is 5.80. The van der Waals surface area contributed by atoms with Gasteiger partial charge in [-0.2, -0.15) is 0 Å². The monoisotopic (exact) mass is 584 g/mol. The lowest BCUT2D eigenvalue weighted by Crippen LogP contribution is -2.33. The smallest absolute Gasteiger partial charge is 0.439 e. The normalized spacial score (nSPS) is 13.9. The maximum absolute atomic E-state index is 14.1. The predicted octanol–water partition coefficient (Wildman–Crippen LogP) is 6.19. The van der Waals surface area contributed by atoms with Crippen molar-refractivity contribution in [1.82, 2.24) is 19.7 Å². The molecule has 5 rings (SSSR count). The Kier molecular flexibility index (Phi) is 9.69. The molecule has 4 aromatic rings.